The van der Waals surface area contributed by atoms with Gasteiger partial charge in [0.05, 0.1) is 12.9 Å². The van der Waals surface area contributed by atoms with E-state index in [2.05, 4.69) is 0 Å². The molecule has 2 aromatic rings. The number of amides is 1. The standard InChI is InChI=1S/C19H25N3O6S/c1-5-27-19(24)16-13(2)20(4)14(3)17(16)29(25,26)22-10-8-21(9-11-22)18(23)15-7-6-12-28-15/h6-7,12H,5,8-11H2,1-4H3. The Morgan fingerprint density at radius 1 is 1.14 bits per heavy atom. The molecule has 2 aromatic heterocycles. The molecule has 1 saturated heterocycles. The van der Waals surface area contributed by atoms with Crippen LogP contribution in [0.5, 0.6) is 0 Å². The van der Waals surface area contributed by atoms with Crippen LogP contribution in [0.15, 0.2) is 27.7 Å². The summed E-state index contributed by atoms with van der Waals surface area (Å²) in [5.41, 5.74) is 1.08. The lowest BCUT2D eigenvalue weighted by molar-refractivity contribution is 0.0521. The van der Waals surface area contributed by atoms with Crippen LogP contribution in [0.4, 0.5) is 0 Å². The number of nitrogens with zero attached hydrogens (tertiary/aromatic N) is 3. The van der Waals surface area contributed by atoms with Gasteiger partial charge in [0.2, 0.25) is 10.0 Å². The van der Waals surface area contributed by atoms with Gasteiger partial charge in [-0.05, 0) is 32.9 Å². The Balaban J connectivity index is 1.86. The van der Waals surface area contributed by atoms with E-state index in [0.717, 1.165) is 0 Å². The smallest absolute Gasteiger partial charge is 0.341 e. The molecule has 0 N–H and O–H groups in total. The number of hydrogen-bond acceptors (Lipinski definition) is 6. The van der Waals surface area contributed by atoms with E-state index in [1.54, 1.807) is 49.4 Å². The summed E-state index contributed by atoms with van der Waals surface area (Å²) in [7, 11) is -2.23. The number of rotatable bonds is 5. The molecule has 3 rings (SSSR count). The predicted octanol–water partition coefficient (Wildman–Crippen LogP) is 1.56. The molecule has 0 bridgehead atoms. The number of carbonyl (C=O) groups is 2. The zero-order valence-corrected chi connectivity index (χ0v) is 17.8. The van der Waals surface area contributed by atoms with E-state index < -0.39 is 16.0 Å². The van der Waals surface area contributed by atoms with Gasteiger partial charge in [0.25, 0.3) is 5.91 Å². The maximum Gasteiger partial charge on any atom is 0.341 e. The van der Waals surface area contributed by atoms with Crippen molar-refractivity contribution in [1.82, 2.24) is 13.8 Å². The Morgan fingerprint density at radius 2 is 1.79 bits per heavy atom. The average Bonchev–Trinajstić information content (AvgIpc) is 3.31. The third-order valence-corrected chi connectivity index (χ3v) is 7.32. The molecular formula is C19H25N3O6S. The fraction of sp³-hybridized carbons (Fsp3) is 0.474. The largest absolute Gasteiger partial charge is 0.462 e. The first kappa shape index (κ1) is 21.1. The van der Waals surface area contributed by atoms with Crippen molar-refractivity contribution in [3.05, 3.63) is 41.1 Å². The fourth-order valence-electron chi connectivity index (χ4n) is 3.49. The second-order valence-electron chi connectivity index (χ2n) is 6.83. The zero-order chi connectivity index (χ0) is 21.3. The number of aromatic nitrogens is 1. The lowest BCUT2D eigenvalue weighted by atomic mass is 10.2. The van der Waals surface area contributed by atoms with E-state index in [4.69, 9.17) is 9.15 Å². The number of hydrogen-bond donors (Lipinski definition) is 0. The fourth-order valence-corrected chi connectivity index (χ4v) is 5.39. The molecule has 29 heavy (non-hydrogen) atoms. The predicted molar refractivity (Wildman–Crippen MR) is 104 cm³/mol. The van der Waals surface area contributed by atoms with Gasteiger partial charge < -0.3 is 18.6 Å². The first-order chi connectivity index (χ1) is 13.7. The summed E-state index contributed by atoms with van der Waals surface area (Å²) in [5, 5.41) is 0. The summed E-state index contributed by atoms with van der Waals surface area (Å²) < 4.78 is 40.0. The maximum absolute atomic E-state index is 13.4. The monoisotopic (exact) mass is 423 g/mol. The lowest BCUT2D eigenvalue weighted by Crippen LogP contribution is -2.50. The normalized spacial score (nSPS) is 15.5. The van der Waals surface area contributed by atoms with E-state index in [0.29, 0.717) is 11.4 Å². The quantitative estimate of drug-likeness (QED) is 0.677. The molecule has 1 aliphatic rings. The minimum atomic E-state index is -3.94. The Labute approximate surface area is 169 Å². The first-order valence-electron chi connectivity index (χ1n) is 9.36. The SMILES string of the molecule is CCOC(=O)c1c(S(=O)(=O)N2CCN(C(=O)c3ccco3)CC2)c(C)n(C)c1C. The number of piperazine rings is 1. The van der Waals surface area contributed by atoms with Crippen molar-refractivity contribution in [2.24, 2.45) is 7.05 Å². The third-order valence-electron chi connectivity index (χ3n) is 5.26. The summed E-state index contributed by atoms with van der Waals surface area (Å²) in [5.74, 6) is -0.703. The van der Waals surface area contributed by atoms with Crippen molar-refractivity contribution in [3.8, 4) is 0 Å². The molecule has 0 unspecified atom stereocenters. The molecule has 9 nitrogen and oxygen atoms in total. The lowest BCUT2D eigenvalue weighted by Gasteiger charge is -2.33. The van der Waals surface area contributed by atoms with Crippen LogP contribution in [0.25, 0.3) is 0 Å². The highest BCUT2D eigenvalue weighted by Crippen LogP contribution is 2.30. The number of sulfonamides is 1. The van der Waals surface area contributed by atoms with Gasteiger partial charge in [0.15, 0.2) is 5.76 Å². The summed E-state index contributed by atoms with van der Waals surface area (Å²) in [4.78, 5) is 26.4. The first-order valence-corrected chi connectivity index (χ1v) is 10.8. The highest BCUT2D eigenvalue weighted by molar-refractivity contribution is 7.89. The zero-order valence-electron chi connectivity index (χ0n) is 17.0. The molecule has 0 aromatic carbocycles. The van der Waals surface area contributed by atoms with Crippen molar-refractivity contribution >= 4 is 21.9 Å². The molecule has 10 heteroatoms. The van der Waals surface area contributed by atoms with Gasteiger partial charge >= 0.3 is 5.97 Å². The van der Waals surface area contributed by atoms with Crippen LogP contribution >= 0.6 is 0 Å². The van der Waals surface area contributed by atoms with E-state index in [-0.39, 0.29) is 54.9 Å². The summed E-state index contributed by atoms with van der Waals surface area (Å²) >= 11 is 0. The van der Waals surface area contributed by atoms with Crippen LogP contribution in [-0.4, -0.2) is 66.9 Å². The molecule has 1 amide bonds. The van der Waals surface area contributed by atoms with Crippen molar-refractivity contribution in [3.63, 3.8) is 0 Å². The van der Waals surface area contributed by atoms with Gasteiger partial charge in [-0.15, -0.1) is 0 Å². The summed E-state index contributed by atoms with van der Waals surface area (Å²) in [6.45, 7) is 5.91. The topological polar surface area (TPSA) is 102 Å². The van der Waals surface area contributed by atoms with E-state index in [9.17, 15) is 18.0 Å². The highest BCUT2D eigenvalue weighted by atomic mass is 32.2. The minimum Gasteiger partial charge on any atom is -0.462 e. The number of carbonyl (C=O) groups excluding carboxylic acids is 2. The molecular weight excluding hydrogens is 398 g/mol. The average molecular weight is 423 g/mol. The second-order valence-corrected chi connectivity index (χ2v) is 8.70. The third kappa shape index (κ3) is 3.69. The number of esters is 1. The molecule has 0 saturated carbocycles. The van der Waals surface area contributed by atoms with Crippen molar-refractivity contribution in [2.45, 2.75) is 25.7 Å². The molecule has 1 aliphatic heterocycles. The van der Waals surface area contributed by atoms with E-state index in [1.165, 1.54) is 10.6 Å². The Bertz CT molecular complexity index is 1020. The minimum absolute atomic E-state index is 0.0261. The molecule has 1 fully saturated rings. The number of ether oxygens (including phenoxy) is 1. The molecule has 0 spiro atoms. The van der Waals surface area contributed by atoms with Crippen LogP contribution in [-0.2, 0) is 21.8 Å². The number of furan rings is 1. The van der Waals surface area contributed by atoms with Crippen molar-refractivity contribution in [2.75, 3.05) is 32.8 Å². The Kier molecular flexibility index (Phi) is 5.85. The Morgan fingerprint density at radius 3 is 2.34 bits per heavy atom. The summed E-state index contributed by atoms with van der Waals surface area (Å²) in [6.07, 6.45) is 1.42. The molecule has 0 aliphatic carbocycles. The van der Waals surface area contributed by atoms with Crippen molar-refractivity contribution < 1.29 is 27.2 Å². The van der Waals surface area contributed by atoms with Gasteiger partial charge in [-0.2, -0.15) is 4.31 Å². The van der Waals surface area contributed by atoms with Crippen LogP contribution < -0.4 is 0 Å². The van der Waals surface area contributed by atoms with Gasteiger partial charge in [0, 0.05) is 44.6 Å². The maximum atomic E-state index is 13.4. The molecule has 158 valence electrons. The van der Waals surface area contributed by atoms with Crippen LogP contribution in [0, 0.1) is 13.8 Å². The van der Waals surface area contributed by atoms with Gasteiger partial charge in [0.1, 0.15) is 10.5 Å². The molecule has 3 heterocycles. The highest BCUT2D eigenvalue weighted by Gasteiger charge is 2.37. The van der Waals surface area contributed by atoms with Gasteiger partial charge in [-0.3, -0.25) is 4.79 Å². The summed E-state index contributed by atoms with van der Waals surface area (Å²) in [6, 6.07) is 3.21. The second kappa shape index (κ2) is 8.03. The Hall–Kier alpha value is -2.59. The van der Waals surface area contributed by atoms with Crippen LogP contribution in [0.2, 0.25) is 0 Å². The van der Waals surface area contributed by atoms with Gasteiger partial charge in [-0.25, -0.2) is 13.2 Å². The van der Waals surface area contributed by atoms with E-state index >= 15 is 0 Å². The van der Waals surface area contributed by atoms with Gasteiger partial charge in [-0.1, -0.05) is 0 Å². The van der Waals surface area contributed by atoms with E-state index in [1.807, 2.05) is 0 Å². The molecule has 0 atom stereocenters. The van der Waals surface area contributed by atoms with Crippen molar-refractivity contribution in [1.29, 1.82) is 0 Å². The van der Waals surface area contributed by atoms with Crippen LogP contribution in [0.1, 0.15) is 39.2 Å². The molecule has 0 radical (unpaired) electrons. The van der Waals surface area contributed by atoms with Crippen LogP contribution in [0.3, 0.4) is 0 Å².